The van der Waals surface area contributed by atoms with Crippen LogP contribution in [0.3, 0.4) is 0 Å². The predicted octanol–water partition coefficient (Wildman–Crippen LogP) is 3.76. The van der Waals surface area contributed by atoms with Crippen LogP contribution in [-0.4, -0.2) is 36.7 Å². The van der Waals surface area contributed by atoms with Gasteiger partial charge in [-0.25, -0.2) is 0 Å². The van der Waals surface area contributed by atoms with Gasteiger partial charge in [-0.3, -0.25) is 14.9 Å². The van der Waals surface area contributed by atoms with Crippen molar-refractivity contribution in [3.63, 3.8) is 0 Å². The minimum absolute atomic E-state index is 0.147. The Labute approximate surface area is 187 Å². The minimum atomic E-state index is -0.381. The maximum Gasteiger partial charge on any atom is 0.251 e. The van der Waals surface area contributed by atoms with Crippen LogP contribution < -0.4 is 25.4 Å². The molecule has 0 aliphatic carbocycles. The van der Waals surface area contributed by atoms with Crippen LogP contribution in [0.4, 0.5) is 5.69 Å². The fourth-order valence-electron chi connectivity index (χ4n) is 2.56. The van der Waals surface area contributed by atoms with Crippen molar-refractivity contribution in [2.75, 3.05) is 19.5 Å². The van der Waals surface area contributed by atoms with Crippen molar-refractivity contribution in [3.8, 4) is 11.5 Å². The number of hydrogen-bond acceptors (Lipinski definition) is 5. The first kappa shape index (κ1) is 23.9. The molecule has 0 atom stereocenters. The van der Waals surface area contributed by atoms with E-state index in [0.717, 1.165) is 5.56 Å². The summed E-state index contributed by atoms with van der Waals surface area (Å²) in [4.78, 5) is 24.3. The number of carbonyl (C=O) groups is 2. The van der Waals surface area contributed by atoms with E-state index in [-0.39, 0.29) is 22.5 Å². The van der Waals surface area contributed by atoms with Gasteiger partial charge in [0.25, 0.3) is 5.91 Å². The molecule has 31 heavy (non-hydrogen) atoms. The van der Waals surface area contributed by atoms with E-state index in [9.17, 15) is 9.59 Å². The van der Waals surface area contributed by atoms with Crippen LogP contribution in [0.2, 0.25) is 0 Å². The summed E-state index contributed by atoms with van der Waals surface area (Å²) >= 11 is 5.18. The number of methoxy groups -OCH3 is 2. The number of thiocarbonyl (C=S) groups is 1. The van der Waals surface area contributed by atoms with Crippen LogP contribution >= 0.6 is 12.2 Å². The number of rotatable bonds is 6. The van der Waals surface area contributed by atoms with Crippen molar-refractivity contribution in [2.24, 2.45) is 0 Å². The van der Waals surface area contributed by atoms with Crippen LogP contribution in [0.5, 0.6) is 11.5 Å². The van der Waals surface area contributed by atoms with E-state index in [1.165, 1.54) is 6.08 Å². The Hall–Kier alpha value is -3.39. The largest absolute Gasteiger partial charge is 0.493 e. The van der Waals surface area contributed by atoms with Crippen LogP contribution in [0, 0.1) is 0 Å². The van der Waals surface area contributed by atoms with Gasteiger partial charge >= 0.3 is 0 Å². The second-order valence-electron chi connectivity index (χ2n) is 7.67. The zero-order valence-electron chi connectivity index (χ0n) is 18.2. The molecule has 2 rings (SSSR count). The van der Waals surface area contributed by atoms with Gasteiger partial charge in [-0.2, -0.15) is 0 Å². The van der Waals surface area contributed by atoms with E-state index in [4.69, 9.17) is 21.7 Å². The molecule has 2 amide bonds. The summed E-state index contributed by atoms with van der Waals surface area (Å²) in [6.07, 6.45) is 3.01. The molecular formula is C23H27N3O4S. The molecule has 0 aliphatic rings. The van der Waals surface area contributed by atoms with Gasteiger partial charge in [-0.05, 0) is 81.0 Å². The third kappa shape index (κ3) is 7.75. The number of hydrogen-bond donors (Lipinski definition) is 3. The van der Waals surface area contributed by atoms with E-state index >= 15 is 0 Å². The van der Waals surface area contributed by atoms with E-state index in [2.05, 4.69) is 16.0 Å². The SMILES string of the molecule is COc1ccc(/C=C/C(=O)NC(=S)Nc2ccc(C(=O)NC(C)(C)C)cc2)cc1OC. The molecule has 0 saturated carbocycles. The smallest absolute Gasteiger partial charge is 0.251 e. The molecule has 2 aromatic rings. The number of amides is 2. The van der Waals surface area contributed by atoms with Crippen molar-refractivity contribution in [3.05, 3.63) is 59.7 Å². The summed E-state index contributed by atoms with van der Waals surface area (Å²) in [5, 5.41) is 8.54. The van der Waals surface area contributed by atoms with E-state index < -0.39 is 0 Å². The first-order chi connectivity index (χ1) is 14.6. The monoisotopic (exact) mass is 441 g/mol. The molecule has 0 aromatic heterocycles. The highest BCUT2D eigenvalue weighted by Crippen LogP contribution is 2.27. The van der Waals surface area contributed by atoms with Gasteiger partial charge in [-0.15, -0.1) is 0 Å². The normalized spacial score (nSPS) is 11.0. The van der Waals surface area contributed by atoms with Gasteiger partial charge < -0.3 is 20.1 Å². The van der Waals surface area contributed by atoms with Gasteiger partial charge in [0.1, 0.15) is 0 Å². The fourth-order valence-corrected chi connectivity index (χ4v) is 2.78. The predicted molar refractivity (Wildman–Crippen MR) is 127 cm³/mol. The Morgan fingerprint density at radius 1 is 0.968 bits per heavy atom. The fraction of sp³-hybridized carbons (Fsp3) is 0.261. The number of benzene rings is 2. The first-order valence-corrected chi connectivity index (χ1v) is 9.97. The third-order valence-corrected chi connectivity index (χ3v) is 4.17. The lowest BCUT2D eigenvalue weighted by Gasteiger charge is -2.20. The average Bonchev–Trinajstić information content (AvgIpc) is 2.71. The van der Waals surface area contributed by atoms with E-state index in [0.29, 0.717) is 22.7 Å². The molecule has 0 fully saturated rings. The van der Waals surface area contributed by atoms with Crippen molar-refractivity contribution in [1.82, 2.24) is 10.6 Å². The molecule has 8 heteroatoms. The summed E-state index contributed by atoms with van der Waals surface area (Å²) in [5.41, 5.74) is 1.65. The molecule has 0 aliphatic heterocycles. The lowest BCUT2D eigenvalue weighted by Crippen LogP contribution is -2.40. The second kappa shape index (κ2) is 10.6. The van der Waals surface area contributed by atoms with Gasteiger partial charge in [-0.1, -0.05) is 6.07 Å². The van der Waals surface area contributed by atoms with Crippen LogP contribution in [0.1, 0.15) is 36.7 Å². The zero-order valence-corrected chi connectivity index (χ0v) is 19.1. The zero-order chi connectivity index (χ0) is 23.0. The Morgan fingerprint density at radius 2 is 1.61 bits per heavy atom. The highest BCUT2D eigenvalue weighted by atomic mass is 32.1. The molecule has 164 valence electrons. The summed E-state index contributed by atoms with van der Waals surface area (Å²) in [5.74, 6) is 0.641. The van der Waals surface area contributed by atoms with Crippen LogP contribution in [0.25, 0.3) is 6.08 Å². The summed E-state index contributed by atoms with van der Waals surface area (Å²) in [6.45, 7) is 5.75. The maximum atomic E-state index is 12.2. The topological polar surface area (TPSA) is 88.7 Å². The minimum Gasteiger partial charge on any atom is -0.493 e. The Morgan fingerprint density at radius 3 is 2.19 bits per heavy atom. The first-order valence-electron chi connectivity index (χ1n) is 9.56. The molecule has 0 unspecified atom stereocenters. The van der Waals surface area contributed by atoms with Gasteiger partial charge in [0.2, 0.25) is 5.91 Å². The molecule has 0 heterocycles. The third-order valence-electron chi connectivity index (χ3n) is 3.96. The highest BCUT2D eigenvalue weighted by molar-refractivity contribution is 7.80. The highest BCUT2D eigenvalue weighted by Gasteiger charge is 2.15. The lowest BCUT2D eigenvalue weighted by molar-refractivity contribution is -0.115. The average molecular weight is 442 g/mol. The van der Waals surface area contributed by atoms with E-state index in [1.54, 1.807) is 62.8 Å². The summed E-state index contributed by atoms with van der Waals surface area (Å²) in [7, 11) is 3.11. The maximum absolute atomic E-state index is 12.2. The standard InChI is InChI=1S/C23H27N3O4S/c1-23(2,3)26-21(28)16-8-10-17(11-9-16)24-22(31)25-20(27)13-7-15-6-12-18(29-4)19(14-15)30-5/h6-14H,1-5H3,(H,26,28)(H2,24,25,27,31)/b13-7+. The second-order valence-corrected chi connectivity index (χ2v) is 8.08. The molecule has 0 bridgehead atoms. The van der Waals surface area contributed by atoms with Crippen molar-refractivity contribution in [1.29, 1.82) is 0 Å². The molecule has 0 radical (unpaired) electrons. The molecular weight excluding hydrogens is 414 g/mol. The summed E-state index contributed by atoms with van der Waals surface area (Å²) in [6, 6.07) is 12.1. The van der Waals surface area contributed by atoms with Crippen molar-refractivity contribution < 1.29 is 19.1 Å². The lowest BCUT2D eigenvalue weighted by atomic mass is 10.1. The molecule has 0 spiro atoms. The Bertz CT molecular complexity index is 979. The molecule has 3 N–H and O–H groups in total. The number of anilines is 1. The molecule has 7 nitrogen and oxygen atoms in total. The van der Waals surface area contributed by atoms with Gasteiger partial charge in [0.15, 0.2) is 16.6 Å². The number of carbonyl (C=O) groups excluding carboxylic acids is 2. The van der Waals surface area contributed by atoms with Crippen LogP contribution in [0.15, 0.2) is 48.5 Å². The molecule has 2 aromatic carbocycles. The van der Waals surface area contributed by atoms with Crippen LogP contribution in [-0.2, 0) is 4.79 Å². The number of ether oxygens (including phenoxy) is 2. The Balaban J connectivity index is 1.91. The van der Waals surface area contributed by atoms with E-state index in [1.807, 2.05) is 20.8 Å². The Kier molecular flexibility index (Phi) is 8.15. The molecule has 0 saturated heterocycles. The van der Waals surface area contributed by atoms with Crippen molar-refractivity contribution >= 4 is 40.9 Å². The van der Waals surface area contributed by atoms with Gasteiger partial charge in [0, 0.05) is 22.9 Å². The number of nitrogens with one attached hydrogen (secondary N) is 3. The van der Waals surface area contributed by atoms with Gasteiger partial charge in [0.05, 0.1) is 14.2 Å². The van der Waals surface area contributed by atoms with Crippen molar-refractivity contribution in [2.45, 2.75) is 26.3 Å². The quantitative estimate of drug-likeness (QED) is 0.467. The summed E-state index contributed by atoms with van der Waals surface area (Å²) < 4.78 is 10.4.